The van der Waals surface area contributed by atoms with Crippen LogP contribution in [0.15, 0.2) is 48.5 Å². The first-order valence-electron chi connectivity index (χ1n) is 8.66. The molecule has 0 saturated heterocycles. The zero-order valence-electron chi connectivity index (χ0n) is 15.3. The summed E-state index contributed by atoms with van der Waals surface area (Å²) < 4.78 is 11.0. The van der Waals surface area contributed by atoms with Gasteiger partial charge in [-0.25, -0.2) is 0 Å². The van der Waals surface area contributed by atoms with Crippen molar-refractivity contribution in [3.05, 3.63) is 54.1 Å². The number of hydrogen-bond donors (Lipinski definition) is 2. The molecule has 0 aliphatic carbocycles. The molecular weight excluding hydrogens is 332 g/mol. The van der Waals surface area contributed by atoms with E-state index in [9.17, 15) is 9.90 Å². The molecule has 1 amide bonds. The summed E-state index contributed by atoms with van der Waals surface area (Å²) in [6, 6.07) is 14.5. The molecule has 0 unspecified atom stereocenters. The van der Waals surface area contributed by atoms with E-state index < -0.39 is 0 Å². The maximum Gasteiger partial charge on any atom is 0.234 e. The fourth-order valence-electron chi connectivity index (χ4n) is 2.45. The molecule has 0 heterocycles. The normalized spacial score (nSPS) is 10.6. The lowest BCUT2D eigenvalue weighted by molar-refractivity contribution is -0.122. The molecule has 26 heavy (non-hydrogen) atoms. The highest BCUT2D eigenvalue weighted by molar-refractivity contribution is 5.77. The number of aromatic hydroxyl groups is 1. The second kappa shape index (κ2) is 10.3. The van der Waals surface area contributed by atoms with Gasteiger partial charge >= 0.3 is 0 Å². The Morgan fingerprint density at radius 3 is 2.38 bits per heavy atom. The Hall–Kier alpha value is -2.73. The van der Waals surface area contributed by atoms with E-state index >= 15 is 0 Å². The minimum absolute atomic E-state index is 0.0850. The lowest BCUT2D eigenvalue weighted by atomic mass is 10.2. The van der Waals surface area contributed by atoms with E-state index in [1.54, 1.807) is 12.1 Å². The summed E-state index contributed by atoms with van der Waals surface area (Å²) in [5.74, 6) is 1.70. The second-order valence-corrected chi connectivity index (χ2v) is 5.90. The number of ether oxygens (including phenoxy) is 2. The van der Waals surface area contributed by atoms with Gasteiger partial charge in [0.15, 0.2) is 0 Å². The minimum atomic E-state index is -0.0850. The van der Waals surface area contributed by atoms with E-state index in [2.05, 4.69) is 5.32 Å². The van der Waals surface area contributed by atoms with Crippen LogP contribution in [0.2, 0.25) is 0 Å². The molecule has 0 spiro atoms. The quantitative estimate of drug-likeness (QED) is 0.638. The lowest BCUT2D eigenvalue weighted by Gasteiger charge is -2.17. The number of phenols is 1. The Kier molecular flexibility index (Phi) is 7.76. The van der Waals surface area contributed by atoms with Gasteiger partial charge in [0, 0.05) is 12.1 Å². The van der Waals surface area contributed by atoms with Crippen LogP contribution in [0.4, 0.5) is 0 Å². The van der Waals surface area contributed by atoms with Gasteiger partial charge in [-0.1, -0.05) is 18.2 Å². The fraction of sp³-hybridized carbons (Fsp3) is 0.350. The zero-order chi connectivity index (χ0) is 18.8. The highest BCUT2D eigenvalue weighted by atomic mass is 16.5. The highest BCUT2D eigenvalue weighted by Crippen LogP contribution is 2.18. The summed E-state index contributed by atoms with van der Waals surface area (Å²) in [7, 11) is 1.84. The zero-order valence-corrected chi connectivity index (χ0v) is 15.3. The van der Waals surface area contributed by atoms with Crippen molar-refractivity contribution in [3.63, 3.8) is 0 Å². The number of nitrogens with zero attached hydrogens (tertiary/aromatic N) is 1. The van der Waals surface area contributed by atoms with E-state index in [4.69, 9.17) is 9.47 Å². The molecule has 0 bridgehead atoms. The summed E-state index contributed by atoms with van der Waals surface area (Å²) in [6.07, 6.45) is 0. The van der Waals surface area contributed by atoms with Gasteiger partial charge in [0.2, 0.25) is 5.91 Å². The molecule has 0 radical (unpaired) electrons. The SMILES string of the molecule is CCOc1ccc(OCCNC(=O)CN(C)Cc2ccccc2O)cc1. The Balaban J connectivity index is 1.64. The van der Waals surface area contributed by atoms with Crippen LogP contribution in [-0.4, -0.2) is 49.3 Å². The highest BCUT2D eigenvalue weighted by Gasteiger charge is 2.09. The van der Waals surface area contributed by atoms with Crippen LogP contribution in [0.5, 0.6) is 17.2 Å². The molecule has 0 aliphatic rings. The molecule has 2 rings (SSSR count). The molecule has 6 heteroatoms. The van der Waals surface area contributed by atoms with Crippen molar-refractivity contribution in [1.29, 1.82) is 0 Å². The summed E-state index contributed by atoms with van der Waals surface area (Å²) in [6.45, 7) is 4.14. The average Bonchev–Trinajstić information content (AvgIpc) is 2.62. The summed E-state index contributed by atoms with van der Waals surface area (Å²) >= 11 is 0. The second-order valence-electron chi connectivity index (χ2n) is 5.90. The Bertz CT molecular complexity index is 688. The predicted molar refractivity (Wildman–Crippen MR) is 101 cm³/mol. The molecule has 6 nitrogen and oxygen atoms in total. The third-order valence-electron chi connectivity index (χ3n) is 3.67. The van der Waals surface area contributed by atoms with Crippen molar-refractivity contribution in [2.24, 2.45) is 0 Å². The largest absolute Gasteiger partial charge is 0.508 e. The smallest absolute Gasteiger partial charge is 0.234 e. The van der Waals surface area contributed by atoms with E-state index in [-0.39, 0.29) is 18.2 Å². The Labute approximate surface area is 154 Å². The van der Waals surface area contributed by atoms with Crippen LogP contribution in [0.25, 0.3) is 0 Å². The van der Waals surface area contributed by atoms with Gasteiger partial charge in [0.25, 0.3) is 0 Å². The van der Waals surface area contributed by atoms with Crippen molar-refractivity contribution < 1.29 is 19.4 Å². The topological polar surface area (TPSA) is 71.0 Å². The van der Waals surface area contributed by atoms with Crippen LogP contribution in [-0.2, 0) is 11.3 Å². The molecule has 2 aromatic carbocycles. The van der Waals surface area contributed by atoms with Crippen LogP contribution < -0.4 is 14.8 Å². The number of carbonyl (C=O) groups is 1. The van der Waals surface area contributed by atoms with E-state index in [1.165, 1.54) is 0 Å². The third kappa shape index (κ3) is 6.64. The number of phenolic OH excluding ortho intramolecular Hbond substituents is 1. The first kappa shape index (κ1) is 19.6. The predicted octanol–water partition coefficient (Wildman–Crippen LogP) is 2.42. The van der Waals surface area contributed by atoms with Gasteiger partial charge in [-0.15, -0.1) is 0 Å². The fourth-order valence-corrected chi connectivity index (χ4v) is 2.45. The van der Waals surface area contributed by atoms with Gasteiger partial charge in [-0.3, -0.25) is 9.69 Å². The number of amides is 1. The molecule has 0 aromatic heterocycles. The number of hydrogen-bond acceptors (Lipinski definition) is 5. The molecular formula is C20H26N2O4. The molecule has 0 saturated carbocycles. The van der Waals surface area contributed by atoms with Crippen LogP contribution >= 0.6 is 0 Å². The summed E-state index contributed by atoms with van der Waals surface area (Å²) in [5, 5.41) is 12.6. The molecule has 0 atom stereocenters. The van der Waals surface area contributed by atoms with Crippen LogP contribution in [0, 0.1) is 0 Å². The van der Waals surface area contributed by atoms with Crippen LogP contribution in [0.1, 0.15) is 12.5 Å². The third-order valence-corrected chi connectivity index (χ3v) is 3.67. The van der Waals surface area contributed by atoms with Gasteiger partial charge in [-0.05, 0) is 44.3 Å². The Morgan fingerprint density at radius 1 is 1.08 bits per heavy atom. The van der Waals surface area contributed by atoms with Crippen LogP contribution in [0.3, 0.4) is 0 Å². The van der Waals surface area contributed by atoms with Gasteiger partial charge in [0.1, 0.15) is 23.9 Å². The van der Waals surface area contributed by atoms with E-state index in [0.717, 1.165) is 17.1 Å². The monoisotopic (exact) mass is 358 g/mol. The average molecular weight is 358 g/mol. The van der Waals surface area contributed by atoms with E-state index in [0.29, 0.717) is 26.3 Å². The first-order chi connectivity index (χ1) is 12.6. The molecule has 0 fully saturated rings. The number of carbonyl (C=O) groups excluding carboxylic acids is 1. The van der Waals surface area contributed by atoms with Gasteiger partial charge < -0.3 is 19.9 Å². The number of nitrogens with one attached hydrogen (secondary N) is 1. The van der Waals surface area contributed by atoms with Gasteiger partial charge in [0.05, 0.1) is 19.7 Å². The summed E-state index contributed by atoms with van der Waals surface area (Å²) in [4.78, 5) is 13.8. The number of benzene rings is 2. The van der Waals surface area contributed by atoms with Crippen molar-refractivity contribution >= 4 is 5.91 Å². The van der Waals surface area contributed by atoms with Gasteiger partial charge in [-0.2, -0.15) is 0 Å². The lowest BCUT2D eigenvalue weighted by Crippen LogP contribution is -2.36. The maximum absolute atomic E-state index is 12.0. The van der Waals surface area contributed by atoms with Crippen molar-refractivity contribution in [2.75, 3.05) is 33.4 Å². The molecule has 2 aromatic rings. The molecule has 2 N–H and O–H groups in total. The van der Waals surface area contributed by atoms with Crippen molar-refractivity contribution in [3.8, 4) is 17.2 Å². The molecule has 0 aliphatic heterocycles. The maximum atomic E-state index is 12.0. The molecule has 140 valence electrons. The minimum Gasteiger partial charge on any atom is -0.508 e. The van der Waals surface area contributed by atoms with Crippen molar-refractivity contribution in [2.45, 2.75) is 13.5 Å². The van der Waals surface area contributed by atoms with E-state index in [1.807, 2.05) is 55.3 Å². The number of para-hydroxylation sites is 1. The number of rotatable bonds is 10. The van der Waals surface area contributed by atoms with Crippen molar-refractivity contribution in [1.82, 2.24) is 10.2 Å². The first-order valence-corrected chi connectivity index (χ1v) is 8.66. The summed E-state index contributed by atoms with van der Waals surface area (Å²) in [5.41, 5.74) is 0.793. The standard InChI is InChI=1S/C20H26N2O4/c1-3-25-17-8-10-18(11-9-17)26-13-12-21-20(24)15-22(2)14-16-6-4-5-7-19(16)23/h4-11,23H,3,12-15H2,1-2H3,(H,21,24). The Morgan fingerprint density at radius 2 is 1.73 bits per heavy atom. The number of likely N-dealkylation sites (N-methyl/N-ethyl adjacent to an activating group) is 1.